The molecule has 1 aliphatic carbocycles. The van der Waals surface area contributed by atoms with E-state index in [1.54, 1.807) is 6.07 Å². The van der Waals surface area contributed by atoms with Crippen LogP contribution in [0.25, 0.3) is 0 Å². The summed E-state index contributed by atoms with van der Waals surface area (Å²) >= 11 is 0. The zero-order valence-electron chi connectivity index (χ0n) is 14.3. The Kier molecular flexibility index (Phi) is 5.90. The number of rotatable bonds is 4. The van der Waals surface area contributed by atoms with Crippen LogP contribution in [0, 0.1) is 11.7 Å². The molecule has 1 saturated heterocycles. The molecule has 2 atom stereocenters. The predicted molar refractivity (Wildman–Crippen MR) is 94.4 cm³/mol. The van der Waals surface area contributed by atoms with E-state index in [4.69, 9.17) is 0 Å². The topological polar surface area (TPSA) is 27.3 Å². The van der Waals surface area contributed by atoms with Gasteiger partial charge in [0, 0.05) is 32.2 Å². The van der Waals surface area contributed by atoms with Crippen LogP contribution in [0.2, 0.25) is 0 Å². The molecule has 0 bridgehead atoms. The van der Waals surface area contributed by atoms with E-state index in [2.05, 4.69) is 22.5 Å². The molecule has 2 fully saturated rings. The smallest absolute Gasteiger partial charge is 0.146 e. The Hall–Kier alpha value is -1.13. The van der Waals surface area contributed by atoms with Crippen LogP contribution < -0.4 is 15.5 Å². The molecule has 1 aliphatic heterocycles. The van der Waals surface area contributed by atoms with Crippen molar-refractivity contribution >= 4 is 5.69 Å². The molecule has 4 heteroatoms. The van der Waals surface area contributed by atoms with Gasteiger partial charge in [0.25, 0.3) is 0 Å². The average molecular weight is 319 g/mol. The molecular formula is C19H30FN3. The average Bonchev–Trinajstić information content (AvgIpc) is 2.84. The molecule has 0 radical (unpaired) electrons. The van der Waals surface area contributed by atoms with Crippen LogP contribution in [0.3, 0.4) is 0 Å². The maximum Gasteiger partial charge on any atom is 0.146 e. The number of hydrogen-bond donors (Lipinski definition) is 2. The lowest BCUT2D eigenvalue weighted by Crippen LogP contribution is -2.36. The van der Waals surface area contributed by atoms with Crippen LogP contribution in [0.4, 0.5) is 10.1 Å². The Morgan fingerprint density at radius 1 is 1.17 bits per heavy atom. The highest BCUT2D eigenvalue weighted by atomic mass is 19.1. The van der Waals surface area contributed by atoms with Gasteiger partial charge >= 0.3 is 0 Å². The molecule has 3 rings (SSSR count). The fourth-order valence-electron chi connectivity index (χ4n) is 3.87. The van der Waals surface area contributed by atoms with Gasteiger partial charge in [0.1, 0.15) is 5.82 Å². The van der Waals surface area contributed by atoms with E-state index >= 15 is 0 Å². The van der Waals surface area contributed by atoms with Gasteiger partial charge in [-0.15, -0.1) is 0 Å². The Labute approximate surface area is 139 Å². The van der Waals surface area contributed by atoms with Crippen molar-refractivity contribution in [1.82, 2.24) is 10.6 Å². The monoisotopic (exact) mass is 319 g/mol. The van der Waals surface area contributed by atoms with Gasteiger partial charge in [0.05, 0.1) is 5.69 Å². The summed E-state index contributed by atoms with van der Waals surface area (Å²) in [5.74, 6) is 0.655. The summed E-state index contributed by atoms with van der Waals surface area (Å²) in [5, 5.41) is 7.07. The second-order valence-corrected chi connectivity index (χ2v) is 7.13. The minimum atomic E-state index is -0.0957. The predicted octanol–water partition coefficient (Wildman–Crippen LogP) is 3.29. The van der Waals surface area contributed by atoms with Crippen LogP contribution >= 0.6 is 0 Å². The third-order valence-corrected chi connectivity index (χ3v) is 5.37. The minimum absolute atomic E-state index is 0.0957. The lowest BCUT2D eigenvalue weighted by molar-refractivity contribution is 0.279. The fourth-order valence-corrected chi connectivity index (χ4v) is 3.87. The van der Waals surface area contributed by atoms with E-state index in [0.717, 1.165) is 50.7 Å². The standard InChI is InChI=1S/C19H30FN3/c1-15-5-2-3-6-18(15)22-14-16-7-8-17(20)19(13-16)23-11-4-9-21-10-12-23/h7-8,13,15,18,21-22H,2-6,9-12,14H2,1H3. The highest BCUT2D eigenvalue weighted by Crippen LogP contribution is 2.25. The van der Waals surface area contributed by atoms with Crippen LogP contribution in [0.15, 0.2) is 18.2 Å². The molecule has 23 heavy (non-hydrogen) atoms. The van der Waals surface area contributed by atoms with Gasteiger partial charge < -0.3 is 15.5 Å². The lowest BCUT2D eigenvalue weighted by Gasteiger charge is -2.30. The second-order valence-electron chi connectivity index (χ2n) is 7.13. The SMILES string of the molecule is CC1CCCCC1NCc1ccc(F)c(N2CCCNCC2)c1. The summed E-state index contributed by atoms with van der Waals surface area (Å²) in [4.78, 5) is 2.18. The van der Waals surface area contributed by atoms with E-state index in [-0.39, 0.29) is 5.82 Å². The van der Waals surface area contributed by atoms with Gasteiger partial charge in [0.2, 0.25) is 0 Å². The number of anilines is 1. The molecule has 1 heterocycles. The summed E-state index contributed by atoms with van der Waals surface area (Å²) in [5.41, 5.74) is 1.96. The van der Waals surface area contributed by atoms with Crippen molar-refractivity contribution in [2.24, 2.45) is 5.92 Å². The van der Waals surface area contributed by atoms with Crippen LogP contribution in [0.5, 0.6) is 0 Å². The summed E-state index contributed by atoms with van der Waals surface area (Å²) in [6.07, 6.45) is 6.36. The largest absolute Gasteiger partial charge is 0.368 e. The number of halogens is 1. The van der Waals surface area contributed by atoms with Crippen LogP contribution in [-0.4, -0.2) is 32.2 Å². The van der Waals surface area contributed by atoms with Crippen molar-refractivity contribution in [1.29, 1.82) is 0 Å². The summed E-state index contributed by atoms with van der Waals surface area (Å²) in [6.45, 7) is 6.96. The first-order valence-electron chi connectivity index (χ1n) is 9.21. The maximum absolute atomic E-state index is 14.3. The van der Waals surface area contributed by atoms with Gasteiger partial charge in [-0.05, 0) is 49.4 Å². The van der Waals surface area contributed by atoms with Crippen molar-refractivity contribution in [3.8, 4) is 0 Å². The highest BCUT2D eigenvalue weighted by Gasteiger charge is 2.21. The van der Waals surface area contributed by atoms with Crippen molar-refractivity contribution in [2.75, 3.05) is 31.1 Å². The highest BCUT2D eigenvalue weighted by molar-refractivity contribution is 5.50. The maximum atomic E-state index is 14.3. The van der Waals surface area contributed by atoms with Crippen molar-refractivity contribution < 1.29 is 4.39 Å². The van der Waals surface area contributed by atoms with Crippen molar-refractivity contribution in [3.63, 3.8) is 0 Å². The van der Waals surface area contributed by atoms with Gasteiger partial charge in [-0.1, -0.05) is 25.8 Å². The lowest BCUT2D eigenvalue weighted by atomic mass is 9.86. The van der Waals surface area contributed by atoms with Gasteiger partial charge in [-0.25, -0.2) is 4.39 Å². The first-order valence-corrected chi connectivity index (χ1v) is 9.21. The summed E-state index contributed by atoms with van der Waals surface area (Å²) in [7, 11) is 0. The third-order valence-electron chi connectivity index (χ3n) is 5.37. The van der Waals surface area contributed by atoms with Gasteiger partial charge in [0.15, 0.2) is 0 Å². The molecule has 0 spiro atoms. The molecular weight excluding hydrogens is 289 g/mol. The quantitative estimate of drug-likeness (QED) is 0.892. The van der Waals surface area contributed by atoms with Gasteiger partial charge in [-0.3, -0.25) is 0 Å². The zero-order chi connectivity index (χ0) is 16.1. The Balaban J connectivity index is 1.64. The number of nitrogens with one attached hydrogen (secondary N) is 2. The van der Waals surface area contributed by atoms with Crippen LogP contribution in [-0.2, 0) is 6.54 Å². The molecule has 2 aliphatic rings. The van der Waals surface area contributed by atoms with E-state index < -0.39 is 0 Å². The molecule has 1 aromatic rings. The third kappa shape index (κ3) is 4.45. The first kappa shape index (κ1) is 16.7. The van der Waals surface area contributed by atoms with E-state index in [0.29, 0.717) is 6.04 Å². The Morgan fingerprint density at radius 2 is 2.04 bits per heavy atom. The Bertz CT molecular complexity index is 497. The number of hydrogen-bond acceptors (Lipinski definition) is 3. The normalized spacial score (nSPS) is 26.1. The first-order chi connectivity index (χ1) is 11.2. The van der Waals surface area contributed by atoms with Crippen molar-refractivity contribution in [2.45, 2.75) is 51.6 Å². The molecule has 1 saturated carbocycles. The van der Waals surface area contributed by atoms with Crippen LogP contribution in [0.1, 0.15) is 44.6 Å². The van der Waals surface area contributed by atoms with E-state index in [9.17, 15) is 4.39 Å². The summed E-state index contributed by atoms with van der Waals surface area (Å²) in [6, 6.07) is 6.21. The number of nitrogens with zero attached hydrogens (tertiary/aromatic N) is 1. The molecule has 0 aromatic heterocycles. The van der Waals surface area contributed by atoms with E-state index in [1.165, 1.54) is 31.2 Å². The second kappa shape index (κ2) is 8.11. The molecule has 1 aromatic carbocycles. The van der Waals surface area contributed by atoms with Gasteiger partial charge in [-0.2, -0.15) is 0 Å². The van der Waals surface area contributed by atoms with E-state index in [1.807, 2.05) is 12.1 Å². The fraction of sp³-hybridized carbons (Fsp3) is 0.684. The molecule has 2 N–H and O–H groups in total. The zero-order valence-corrected chi connectivity index (χ0v) is 14.3. The molecule has 128 valence electrons. The molecule has 3 nitrogen and oxygen atoms in total. The van der Waals surface area contributed by atoms with Crippen molar-refractivity contribution in [3.05, 3.63) is 29.6 Å². The molecule has 2 unspecified atom stereocenters. The minimum Gasteiger partial charge on any atom is -0.368 e. The number of benzene rings is 1. The Morgan fingerprint density at radius 3 is 2.91 bits per heavy atom. The molecule has 0 amide bonds. The summed E-state index contributed by atoms with van der Waals surface area (Å²) < 4.78 is 14.3.